The van der Waals surface area contributed by atoms with Gasteiger partial charge < -0.3 is 24.6 Å². The van der Waals surface area contributed by atoms with Gasteiger partial charge in [0.15, 0.2) is 10.9 Å². The minimum Gasteiger partial charge on any atom is -0.495 e. The molecule has 15 heteroatoms. The number of carbonyl (C=O) groups is 3. The number of fused-ring (bicyclic) bond motifs is 3. The maximum Gasteiger partial charge on any atom is 0.226 e. The number of carbonyl (C=O) groups excluding carboxylic acids is 3. The van der Waals surface area contributed by atoms with Crippen molar-refractivity contribution in [1.29, 1.82) is 0 Å². The number of benzene rings is 2. The maximum absolute atomic E-state index is 15.2. The Morgan fingerprint density at radius 3 is 2.60 bits per heavy atom. The number of amides is 1. The van der Waals surface area contributed by atoms with Gasteiger partial charge in [-0.1, -0.05) is 74.4 Å². The smallest absolute Gasteiger partial charge is 0.226 e. The summed E-state index contributed by atoms with van der Waals surface area (Å²) < 4.78 is 42.4. The zero-order valence-electron chi connectivity index (χ0n) is 37.8. The number of hydrogen-bond acceptors (Lipinski definition) is 10. The van der Waals surface area contributed by atoms with E-state index in [-0.39, 0.29) is 60.8 Å². The van der Waals surface area contributed by atoms with Crippen LogP contribution in [-0.4, -0.2) is 74.2 Å². The number of aromatic nitrogens is 2. The first-order chi connectivity index (χ1) is 31.2. The summed E-state index contributed by atoms with van der Waals surface area (Å²) in [6, 6.07) is 9.12. The highest BCUT2D eigenvalue weighted by Gasteiger charge is 2.65. The molecule has 8 rings (SSSR count). The van der Waals surface area contributed by atoms with Crippen LogP contribution in [0.1, 0.15) is 115 Å². The third kappa shape index (κ3) is 10.4. The Labute approximate surface area is 390 Å². The Balaban J connectivity index is 1.15. The average molecular weight is 948 g/mol. The molecule has 2 aliphatic heterocycles. The highest BCUT2D eigenvalue weighted by atomic mass is 35.5. The van der Waals surface area contributed by atoms with Gasteiger partial charge in [-0.3, -0.25) is 18.9 Å². The summed E-state index contributed by atoms with van der Waals surface area (Å²) in [5.41, 5.74) is 2.30. The highest BCUT2D eigenvalue weighted by molar-refractivity contribution is 7.59. The summed E-state index contributed by atoms with van der Waals surface area (Å²) in [5, 5.41) is 5.54. The predicted molar refractivity (Wildman–Crippen MR) is 255 cm³/mol. The van der Waals surface area contributed by atoms with Crippen LogP contribution in [0.3, 0.4) is 0 Å². The molecule has 2 aromatic heterocycles. The van der Waals surface area contributed by atoms with Crippen LogP contribution < -0.4 is 14.8 Å². The second-order valence-electron chi connectivity index (χ2n) is 19.1. The van der Waals surface area contributed by atoms with Crippen molar-refractivity contribution in [2.45, 2.75) is 140 Å². The summed E-state index contributed by atoms with van der Waals surface area (Å²) >= 11 is 8.36. The van der Waals surface area contributed by atoms with Gasteiger partial charge in [-0.15, -0.1) is 11.3 Å². The number of ether oxygens (including phenoxy) is 2. The number of thiazole rings is 1. The second kappa shape index (κ2) is 20.0. The van der Waals surface area contributed by atoms with E-state index in [2.05, 4.69) is 5.32 Å². The molecule has 1 unspecified atom stereocenters. The summed E-state index contributed by atoms with van der Waals surface area (Å²) in [6.07, 6.45) is 11.6. The first-order valence-electron chi connectivity index (χ1n) is 23.3. The topological polar surface area (TPSA) is 148 Å². The molecule has 6 atom stereocenters. The van der Waals surface area contributed by atoms with Crippen molar-refractivity contribution >= 4 is 63.8 Å². The Bertz CT molecular complexity index is 2490. The fraction of sp³-hybridized carbons (Fsp3) is 0.540. The van der Waals surface area contributed by atoms with Gasteiger partial charge in [-0.05, 0) is 82.1 Å². The maximum atomic E-state index is 15.2. The summed E-state index contributed by atoms with van der Waals surface area (Å²) in [7, 11) is -2.70. The monoisotopic (exact) mass is 946 g/mol. The van der Waals surface area contributed by atoms with Crippen LogP contribution in [0.15, 0.2) is 53.9 Å². The van der Waals surface area contributed by atoms with Crippen molar-refractivity contribution in [3.63, 3.8) is 0 Å². The third-order valence-corrected chi connectivity index (χ3v) is 18.0. The van der Waals surface area contributed by atoms with Gasteiger partial charge in [0.05, 0.1) is 42.2 Å². The number of aryl methyl sites for hydroxylation is 1. The lowest BCUT2D eigenvalue weighted by Gasteiger charge is -2.30. The van der Waals surface area contributed by atoms with Crippen molar-refractivity contribution < 1.29 is 37.7 Å². The van der Waals surface area contributed by atoms with Crippen molar-refractivity contribution in [1.82, 2.24) is 14.9 Å². The second-order valence-corrected chi connectivity index (χ2v) is 23.0. The highest BCUT2D eigenvalue weighted by Crippen LogP contribution is 2.74. The molecule has 2 N–H and O–H groups in total. The van der Waals surface area contributed by atoms with Crippen molar-refractivity contribution in [3.05, 3.63) is 75.9 Å². The van der Waals surface area contributed by atoms with Crippen molar-refractivity contribution in [3.8, 4) is 22.9 Å². The lowest BCUT2D eigenvalue weighted by Crippen LogP contribution is -2.45. The Morgan fingerprint density at radius 2 is 1.85 bits per heavy atom. The molecule has 1 saturated heterocycles. The summed E-state index contributed by atoms with van der Waals surface area (Å²) in [4.78, 5) is 67.2. The fourth-order valence-electron chi connectivity index (χ4n) is 10.4. The van der Waals surface area contributed by atoms with Crippen LogP contribution in [0, 0.1) is 30.5 Å². The molecular formula is C50H61ClFN4O7PS. The molecule has 348 valence electrons. The van der Waals surface area contributed by atoms with Gasteiger partial charge >= 0.3 is 0 Å². The lowest BCUT2D eigenvalue weighted by atomic mass is 9.89. The van der Waals surface area contributed by atoms with Gasteiger partial charge in [0, 0.05) is 60.0 Å². The van der Waals surface area contributed by atoms with E-state index in [0.717, 1.165) is 56.5 Å². The van der Waals surface area contributed by atoms with E-state index in [1.807, 2.05) is 37.4 Å². The molecule has 1 amide bonds. The molecule has 4 aromatic rings. The Kier molecular flexibility index (Phi) is 14.5. The number of rotatable bonds is 13. The van der Waals surface area contributed by atoms with Crippen molar-refractivity contribution in [2.75, 3.05) is 19.0 Å². The minimum atomic E-state index is -4.23. The van der Waals surface area contributed by atoms with Crippen LogP contribution >= 0.6 is 30.3 Å². The SMILES string of the molecule is COc1ccc2c(O[C@@H]3C[C@H]4C(=O)C[C@]5(P(=O)(O)Cc6c(C)cccc6F)C[C@@H]5/C=C\CCCCC[C@H](CC(=O)CC5CCCC5)C(=O)N4C3)cc(-c3csc(NC(C)C)n3)nc2c1Cl. The zero-order valence-corrected chi connectivity index (χ0v) is 40.3. The number of pyridine rings is 1. The van der Waals surface area contributed by atoms with E-state index >= 15 is 14.0 Å². The largest absolute Gasteiger partial charge is 0.495 e. The average Bonchev–Trinajstić information content (AvgIpc) is 3.68. The standard InChI is InChI=1S/C50H61ClFN4O7PS/c1-30(2)53-49-55-41(29-65-49)40-24-45(37-19-20-44(62-4)46(51)47(37)54-40)63-36-23-42-43(58)26-50(64(60,61)28-38-31(3)13-12-18-39(38)52)25-34(50)17-9-7-5-6-8-16-33(48(59)56(42)27-36)22-35(57)21-32-14-10-11-15-32/h9,12-13,17-20,24,29-30,32-34,36,42H,5-8,10-11,14-16,21-23,25-28H2,1-4H3,(H,53,55)(H,60,61)/b17-9-/t33-,34+,36-,42+,50-/m1/s1. The molecule has 3 fully saturated rings. The molecule has 4 heterocycles. The molecule has 11 nitrogen and oxygen atoms in total. The summed E-state index contributed by atoms with van der Waals surface area (Å²) in [6.45, 7) is 5.84. The first kappa shape index (κ1) is 47.3. The molecule has 0 bridgehead atoms. The number of nitrogens with one attached hydrogen (secondary N) is 1. The van der Waals surface area contributed by atoms with E-state index < -0.39 is 42.6 Å². The van der Waals surface area contributed by atoms with Gasteiger partial charge in [-0.2, -0.15) is 0 Å². The molecule has 2 aliphatic carbocycles. The van der Waals surface area contributed by atoms with Crippen LogP contribution in [0.25, 0.3) is 22.3 Å². The number of anilines is 1. The normalized spacial score (nSPS) is 25.7. The number of ketones is 2. The molecule has 2 saturated carbocycles. The van der Waals surface area contributed by atoms with Crippen LogP contribution in [0.2, 0.25) is 5.02 Å². The van der Waals surface area contributed by atoms with Crippen LogP contribution in [0.4, 0.5) is 9.52 Å². The van der Waals surface area contributed by atoms with E-state index in [9.17, 15) is 14.3 Å². The Morgan fingerprint density at radius 1 is 1.06 bits per heavy atom. The molecular weight excluding hydrogens is 886 g/mol. The van der Waals surface area contributed by atoms with E-state index in [4.69, 9.17) is 31.0 Å². The lowest BCUT2D eigenvalue weighted by molar-refractivity contribution is -0.142. The van der Waals surface area contributed by atoms with Gasteiger partial charge in [0.2, 0.25) is 13.3 Å². The first-order valence-corrected chi connectivity index (χ1v) is 26.4. The fourth-order valence-corrected chi connectivity index (χ4v) is 14.2. The summed E-state index contributed by atoms with van der Waals surface area (Å²) in [5.74, 6) is -0.859. The minimum absolute atomic E-state index is 0.0618. The number of hydrogen-bond donors (Lipinski definition) is 2. The number of methoxy groups -OCH3 is 1. The molecule has 4 aliphatic rings. The number of nitrogens with zero attached hydrogens (tertiary/aromatic N) is 3. The predicted octanol–water partition coefficient (Wildman–Crippen LogP) is 11.5. The Hall–Kier alpha value is -4.16. The number of halogens is 2. The third-order valence-electron chi connectivity index (χ3n) is 14.1. The van der Waals surface area contributed by atoms with Gasteiger partial charge in [0.1, 0.15) is 39.9 Å². The molecule has 65 heavy (non-hydrogen) atoms. The zero-order chi connectivity index (χ0) is 46.0. The molecule has 0 radical (unpaired) electrons. The van der Waals surface area contributed by atoms with E-state index in [0.29, 0.717) is 69.6 Å². The number of Topliss-reactive ketones (excluding diaryl/α,β-unsaturated/α-hetero) is 2. The number of allylic oxidation sites excluding steroid dienone is 2. The molecule has 0 spiro atoms. The molecule has 2 aromatic carbocycles. The van der Waals surface area contributed by atoms with Crippen LogP contribution in [0.5, 0.6) is 11.5 Å². The van der Waals surface area contributed by atoms with E-state index in [1.54, 1.807) is 36.1 Å². The van der Waals surface area contributed by atoms with Crippen molar-refractivity contribution in [2.24, 2.45) is 17.8 Å². The van der Waals surface area contributed by atoms with Gasteiger partial charge in [-0.25, -0.2) is 14.4 Å². The van der Waals surface area contributed by atoms with Gasteiger partial charge in [0.25, 0.3) is 0 Å². The van der Waals surface area contributed by atoms with E-state index in [1.165, 1.54) is 24.5 Å². The quantitative estimate of drug-likeness (QED) is 0.0980. The van der Waals surface area contributed by atoms with Crippen LogP contribution in [-0.2, 0) is 25.1 Å².